The van der Waals surface area contributed by atoms with Gasteiger partial charge in [-0.3, -0.25) is 4.98 Å². The number of imidazole rings is 1. The molecule has 1 fully saturated rings. The van der Waals surface area contributed by atoms with Crippen LogP contribution in [0, 0.1) is 5.82 Å². The first-order valence-electron chi connectivity index (χ1n) is 10.8. The van der Waals surface area contributed by atoms with Crippen LogP contribution in [0.1, 0.15) is 31.2 Å². The van der Waals surface area contributed by atoms with Crippen molar-refractivity contribution in [1.82, 2.24) is 24.7 Å². The Hall–Kier alpha value is -3.03. The molecule has 0 bridgehead atoms. The summed E-state index contributed by atoms with van der Waals surface area (Å²) >= 11 is 5.99. The number of anilines is 1. The molecule has 3 aromatic heterocycles. The first kappa shape index (κ1) is 20.8. The Morgan fingerprint density at radius 3 is 2.59 bits per heavy atom. The number of aromatic nitrogens is 4. The van der Waals surface area contributed by atoms with Gasteiger partial charge in [0.05, 0.1) is 10.7 Å². The molecule has 6 nitrogen and oxygen atoms in total. The third-order valence-electron chi connectivity index (χ3n) is 6.00. The summed E-state index contributed by atoms with van der Waals surface area (Å²) in [5.41, 5.74) is 3.51. The summed E-state index contributed by atoms with van der Waals surface area (Å²) in [6.07, 6.45) is 13.5. The number of rotatable bonds is 6. The summed E-state index contributed by atoms with van der Waals surface area (Å²) in [4.78, 5) is 13.3. The second-order valence-corrected chi connectivity index (χ2v) is 8.60. The normalized spacial score (nSPS) is 18.7. The Balaban J connectivity index is 1.27. The monoisotopic (exact) mass is 450 g/mol. The molecule has 0 unspecified atom stereocenters. The number of hydrogen-bond acceptors (Lipinski definition) is 5. The van der Waals surface area contributed by atoms with Crippen LogP contribution in [-0.4, -0.2) is 31.4 Å². The maximum absolute atomic E-state index is 13.6. The molecule has 8 heteroatoms. The summed E-state index contributed by atoms with van der Waals surface area (Å²) in [5, 5.41) is 7.35. The third kappa shape index (κ3) is 4.59. The van der Waals surface area contributed by atoms with E-state index in [0.717, 1.165) is 49.3 Å². The SMILES string of the molecule is Fc1ccc(-c2cn3ccnc3c(NC3CCC(NCc4ccncc4)CC3)n2)cc1Cl. The average molecular weight is 451 g/mol. The van der Waals surface area contributed by atoms with Crippen LogP contribution < -0.4 is 10.6 Å². The van der Waals surface area contributed by atoms with Crippen molar-refractivity contribution in [1.29, 1.82) is 0 Å². The number of pyridine rings is 1. The number of nitrogens with one attached hydrogen (secondary N) is 2. The minimum atomic E-state index is -0.438. The minimum Gasteiger partial charge on any atom is -0.364 e. The number of fused-ring (bicyclic) bond motifs is 1. The molecule has 3 heterocycles. The Morgan fingerprint density at radius 2 is 1.81 bits per heavy atom. The molecule has 0 saturated heterocycles. The number of hydrogen-bond donors (Lipinski definition) is 2. The lowest BCUT2D eigenvalue weighted by molar-refractivity contribution is 0.352. The van der Waals surface area contributed by atoms with Crippen molar-refractivity contribution < 1.29 is 4.39 Å². The van der Waals surface area contributed by atoms with Gasteiger partial charge in [0, 0.05) is 55.2 Å². The van der Waals surface area contributed by atoms with Crippen molar-refractivity contribution in [3.05, 3.63) is 77.7 Å². The van der Waals surface area contributed by atoms with Crippen molar-refractivity contribution in [3.8, 4) is 11.3 Å². The molecule has 1 aromatic carbocycles. The zero-order valence-corrected chi connectivity index (χ0v) is 18.3. The maximum atomic E-state index is 13.6. The summed E-state index contributed by atoms with van der Waals surface area (Å²) in [6, 6.07) is 9.58. The molecule has 0 radical (unpaired) electrons. The zero-order valence-electron chi connectivity index (χ0n) is 17.5. The van der Waals surface area contributed by atoms with Crippen LogP contribution in [0.5, 0.6) is 0 Å². The van der Waals surface area contributed by atoms with Gasteiger partial charge in [-0.05, 0) is 61.6 Å². The Kier molecular flexibility index (Phi) is 6.01. The average Bonchev–Trinajstić information content (AvgIpc) is 3.30. The molecule has 2 N–H and O–H groups in total. The maximum Gasteiger partial charge on any atom is 0.180 e. The van der Waals surface area contributed by atoms with E-state index in [1.54, 1.807) is 18.3 Å². The van der Waals surface area contributed by atoms with E-state index in [0.29, 0.717) is 17.8 Å². The van der Waals surface area contributed by atoms with Gasteiger partial charge in [0.15, 0.2) is 11.5 Å². The largest absolute Gasteiger partial charge is 0.364 e. The predicted molar refractivity (Wildman–Crippen MR) is 124 cm³/mol. The fourth-order valence-corrected chi connectivity index (χ4v) is 4.40. The Labute approximate surface area is 190 Å². The van der Waals surface area contributed by atoms with Crippen molar-refractivity contribution in [2.45, 2.75) is 44.3 Å². The second kappa shape index (κ2) is 9.22. The van der Waals surface area contributed by atoms with E-state index in [9.17, 15) is 4.39 Å². The molecular formula is C24H24ClFN6. The molecule has 0 amide bonds. The first-order chi connectivity index (χ1) is 15.7. The van der Waals surface area contributed by atoms with Crippen molar-refractivity contribution in [2.24, 2.45) is 0 Å². The van der Waals surface area contributed by atoms with Gasteiger partial charge in [-0.15, -0.1) is 0 Å². The van der Waals surface area contributed by atoms with Crippen LogP contribution in [0.25, 0.3) is 16.9 Å². The van der Waals surface area contributed by atoms with Crippen LogP contribution in [0.15, 0.2) is 61.3 Å². The molecule has 1 saturated carbocycles. The number of benzene rings is 1. The summed E-state index contributed by atoms with van der Waals surface area (Å²) in [5.74, 6) is 0.299. The lowest BCUT2D eigenvalue weighted by Gasteiger charge is -2.30. The van der Waals surface area contributed by atoms with E-state index >= 15 is 0 Å². The van der Waals surface area contributed by atoms with Gasteiger partial charge in [-0.2, -0.15) is 0 Å². The molecule has 1 aliphatic rings. The first-order valence-corrected chi connectivity index (χ1v) is 11.2. The number of nitrogens with zero attached hydrogens (tertiary/aromatic N) is 4. The standard InChI is InChI=1S/C24H24ClFN6/c25-20-13-17(1-6-21(20)26)22-15-32-12-11-28-24(32)23(31-22)30-19-4-2-18(3-5-19)29-14-16-7-9-27-10-8-16/h1,6-13,15,18-19,29H,2-5,14H2,(H,30,31). The van der Waals surface area contributed by atoms with Crippen LogP contribution in [0.4, 0.5) is 10.2 Å². The van der Waals surface area contributed by atoms with Crippen LogP contribution in [0.2, 0.25) is 5.02 Å². The highest BCUT2D eigenvalue weighted by molar-refractivity contribution is 6.31. The minimum absolute atomic E-state index is 0.0853. The van der Waals surface area contributed by atoms with E-state index < -0.39 is 5.82 Å². The molecule has 5 rings (SSSR count). The third-order valence-corrected chi connectivity index (χ3v) is 6.29. The fraction of sp³-hybridized carbons (Fsp3) is 0.292. The van der Waals surface area contributed by atoms with Crippen molar-refractivity contribution in [3.63, 3.8) is 0 Å². The number of halogens is 2. The van der Waals surface area contributed by atoms with Gasteiger partial charge in [-0.25, -0.2) is 14.4 Å². The van der Waals surface area contributed by atoms with Crippen LogP contribution in [-0.2, 0) is 6.54 Å². The van der Waals surface area contributed by atoms with Gasteiger partial charge in [0.25, 0.3) is 0 Å². The smallest absolute Gasteiger partial charge is 0.180 e. The second-order valence-electron chi connectivity index (χ2n) is 8.19. The van der Waals surface area contributed by atoms with E-state index in [1.165, 1.54) is 11.6 Å². The van der Waals surface area contributed by atoms with Crippen molar-refractivity contribution >= 4 is 23.1 Å². The van der Waals surface area contributed by atoms with Gasteiger partial charge in [0.1, 0.15) is 5.82 Å². The highest BCUT2D eigenvalue weighted by Gasteiger charge is 2.22. The molecule has 0 atom stereocenters. The molecule has 1 aliphatic carbocycles. The topological polar surface area (TPSA) is 67.1 Å². The zero-order chi connectivity index (χ0) is 21.9. The lowest BCUT2D eigenvalue weighted by Crippen LogP contribution is -2.36. The van der Waals surface area contributed by atoms with E-state index in [1.807, 2.05) is 41.3 Å². The molecule has 0 spiro atoms. The molecule has 4 aromatic rings. The summed E-state index contributed by atoms with van der Waals surface area (Å²) in [6.45, 7) is 0.865. The van der Waals surface area contributed by atoms with Crippen molar-refractivity contribution in [2.75, 3.05) is 5.32 Å². The fourth-order valence-electron chi connectivity index (χ4n) is 4.22. The van der Waals surface area contributed by atoms with E-state index in [2.05, 4.69) is 20.6 Å². The van der Waals surface area contributed by atoms with Crippen LogP contribution >= 0.6 is 11.6 Å². The molecular weight excluding hydrogens is 427 g/mol. The Bertz CT molecular complexity index is 1200. The highest BCUT2D eigenvalue weighted by atomic mass is 35.5. The van der Waals surface area contributed by atoms with E-state index in [4.69, 9.17) is 16.6 Å². The molecule has 0 aliphatic heterocycles. The van der Waals surface area contributed by atoms with Gasteiger partial charge in [-0.1, -0.05) is 11.6 Å². The predicted octanol–water partition coefficient (Wildman–Crippen LogP) is 5.10. The summed E-state index contributed by atoms with van der Waals surface area (Å²) < 4.78 is 15.5. The van der Waals surface area contributed by atoms with E-state index in [-0.39, 0.29) is 5.02 Å². The molecule has 164 valence electrons. The molecule has 32 heavy (non-hydrogen) atoms. The summed E-state index contributed by atoms with van der Waals surface area (Å²) in [7, 11) is 0. The van der Waals surface area contributed by atoms with Crippen LogP contribution in [0.3, 0.4) is 0 Å². The quantitative estimate of drug-likeness (QED) is 0.428. The lowest BCUT2D eigenvalue weighted by atomic mass is 9.91. The highest BCUT2D eigenvalue weighted by Crippen LogP contribution is 2.28. The van der Waals surface area contributed by atoms with Gasteiger partial charge >= 0.3 is 0 Å². The van der Waals surface area contributed by atoms with Gasteiger partial charge in [0.2, 0.25) is 0 Å². The van der Waals surface area contributed by atoms with Gasteiger partial charge < -0.3 is 15.0 Å². The Morgan fingerprint density at radius 1 is 1.03 bits per heavy atom.